The number of carbonyl (C=O) groups is 2. The van der Waals surface area contributed by atoms with Gasteiger partial charge in [-0.3, -0.25) is 9.59 Å². The van der Waals surface area contributed by atoms with Crippen LogP contribution in [-0.2, 0) is 17.8 Å². The smallest absolute Gasteiger partial charge is 0.475 e. The molecule has 1 fully saturated rings. The second kappa shape index (κ2) is 9.61. The number of hydrogen-bond donors (Lipinski definition) is 1. The number of alkyl halides is 3. The first kappa shape index (κ1) is 24.6. The van der Waals surface area contributed by atoms with Crippen LogP contribution >= 0.6 is 11.6 Å². The van der Waals surface area contributed by atoms with Gasteiger partial charge in [-0.15, -0.1) is 0 Å². The monoisotopic (exact) mass is 507 g/mol. The third-order valence-corrected chi connectivity index (χ3v) is 6.25. The summed E-state index contributed by atoms with van der Waals surface area (Å²) in [6.45, 7) is 3.43. The van der Waals surface area contributed by atoms with Crippen LogP contribution in [0.4, 0.5) is 18.9 Å². The zero-order chi connectivity index (χ0) is 25.3. The van der Waals surface area contributed by atoms with Crippen molar-refractivity contribution in [1.29, 1.82) is 0 Å². The lowest BCUT2D eigenvalue weighted by Gasteiger charge is -2.36. The van der Waals surface area contributed by atoms with Crippen LogP contribution in [0.3, 0.4) is 0 Å². The van der Waals surface area contributed by atoms with Gasteiger partial charge in [0, 0.05) is 55.0 Å². The van der Waals surface area contributed by atoms with E-state index in [1.807, 2.05) is 36.4 Å². The standard InChI is InChI=1S/C22H20ClN3O2.C2HF3O2/c23-16-4-2-5-17(13-16)24-9-11-25(12-10-24)22(28)19-14-26-8-7-15-3-1-6-18(20(15)26)21(19)27;3-2(4,5)1(6)7/h1-6,13-14H,7-12H2;(H,6,7). The van der Waals surface area contributed by atoms with Gasteiger partial charge in [0.25, 0.3) is 5.91 Å². The molecule has 0 saturated carbocycles. The molecule has 2 aliphatic rings. The summed E-state index contributed by atoms with van der Waals surface area (Å²) in [5.74, 6) is -2.92. The number of hydrogen-bond acceptors (Lipinski definition) is 4. The molecule has 1 amide bonds. The summed E-state index contributed by atoms with van der Waals surface area (Å²) in [6, 6.07) is 13.5. The van der Waals surface area contributed by atoms with Crippen LogP contribution < -0.4 is 10.3 Å². The number of amides is 1. The van der Waals surface area contributed by atoms with E-state index in [9.17, 15) is 22.8 Å². The highest BCUT2D eigenvalue weighted by Crippen LogP contribution is 2.25. The van der Waals surface area contributed by atoms with Crippen LogP contribution in [0.2, 0.25) is 5.02 Å². The van der Waals surface area contributed by atoms with Crippen LogP contribution in [0.5, 0.6) is 0 Å². The highest BCUT2D eigenvalue weighted by molar-refractivity contribution is 6.30. The van der Waals surface area contributed by atoms with E-state index >= 15 is 0 Å². The van der Waals surface area contributed by atoms with Crippen LogP contribution in [0, 0.1) is 0 Å². The Morgan fingerprint density at radius 2 is 1.63 bits per heavy atom. The molecule has 3 heterocycles. The van der Waals surface area contributed by atoms with Crippen LogP contribution in [0.15, 0.2) is 53.5 Å². The average Bonchev–Trinajstić information content (AvgIpc) is 3.25. The van der Waals surface area contributed by atoms with E-state index in [1.165, 1.54) is 5.56 Å². The fraction of sp³-hybridized carbons (Fsp3) is 0.292. The first-order chi connectivity index (χ1) is 16.6. The van der Waals surface area contributed by atoms with Crippen molar-refractivity contribution in [2.45, 2.75) is 19.1 Å². The Labute approximate surface area is 202 Å². The van der Waals surface area contributed by atoms with Gasteiger partial charge in [0.05, 0.1) is 5.52 Å². The molecule has 0 unspecified atom stereocenters. The molecule has 1 saturated heterocycles. The lowest BCUT2D eigenvalue weighted by atomic mass is 10.1. The molecule has 0 atom stereocenters. The van der Waals surface area contributed by atoms with Gasteiger partial charge in [-0.1, -0.05) is 29.8 Å². The summed E-state index contributed by atoms with van der Waals surface area (Å²) >= 11 is 6.09. The molecule has 1 N–H and O–H groups in total. The van der Waals surface area contributed by atoms with E-state index in [0.29, 0.717) is 23.5 Å². The Morgan fingerprint density at radius 3 is 2.26 bits per heavy atom. The molecule has 0 aliphatic carbocycles. The third-order valence-electron chi connectivity index (χ3n) is 6.02. The summed E-state index contributed by atoms with van der Waals surface area (Å²) in [7, 11) is 0. The molecule has 3 aromatic rings. The molecule has 184 valence electrons. The highest BCUT2D eigenvalue weighted by atomic mass is 35.5. The largest absolute Gasteiger partial charge is 0.490 e. The molecular weight excluding hydrogens is 487 g/mol. The first-order valence-corrected chi connectivity index (χ1v) is 11.2. The average molecular weight is 508 g/mol. The summed E-state index contributed by atoms with van der Waals surface area (Å²) in [6.07, 6.45) is -2.42. The van der Waals surface area contributed by atoms with Gasteiger partial charge in [0.1, 0.15) is 5.56 Å². The number of aromatic nitrogens is 1. The number of para-hydroxylation sites is 1. The lowest BCUT2D eigenvalue weighted by molar-refractivity contribution is -0.192. The summed E-state index contributed by atoms with van der Waals surface area (Å²) in [5, 5.41) is 8.48. The van der Waals surface area contributed by atoms with Gasteiger partial charge >= 0.3 is 12.1 Å². The number of carboxylic acids is 1. The number of aryl methyl sites for hydroxylation is 2. The van der Waals surface area contributed by atoms with Gasteiger partial charge in [0.15, 0.2) is 0 Å². The van der Waals surface area contributed by atoms with Crippen LogP contribution in [0.25, 0.3) is 10.9 Å². The molecule has 35 heavy (non-hydrogen) atoms. The number of benzene rings is 2. The van der Waals surface area contributed by atoms with Crippen molar-refractivity contribution in [1.82, 2.24) is 9.47 Å². The Balaban J connectivity index is 0.000000364. The maximum atomic E-state index is 13.1. The Kier molecular flexibility index (Phi) is 6.75. The summed E-state index contributed by atoms with van der Waals surface area (Å²) in [4.78, 5) is 39.0. The Bertz CT molecular complexity index is 1350. The number of piperazine rings is 1. The van der Waals surface area contributed by atoms with Gasteiger partial charge in [0.2, 0.25) is 5.43 Å². The number of carboxylic acid groups (broad SMARTS) is 1. The van der Waals surface area contributed by atoms with Crippen LogP contribution in [0.1, 0.15) is 15.9 Å². The summed E-state index contributed by atoms with van der Waals surface area (Å²) < 4.78 is 33.8. The highest BCUT2D eigenvalue weighted by Gasteiger charge is 2.38. The van der Waals surface area contributed by atoms with Crippen molar-refractivity contribution in [3.05, 3.63) is 75.0 Å². The lowest BCUT2D eigenvalue weighted by Crippen LogP contribution is -2.49. The first-order valence-electron chi connectivity index (χ1n) is 10.8. The number of nitrogens with zero attached hydrogens (tertiary/aromatic N) is 3. The molecule has 0 bridgehead atoms. The van der Waals surface area contributed by atoms with Crippen molar-refractivity contribution in [3.63, 3.8) is 0 Å². The van der Waals surface area contributed by atoms with Gasteiger partial charge in [-0.2, -0.15) is 13.2 Å². The minimum absolute atomic E-state index is 0.155. The van der Waals surface area contributed by atoms with Crippen molar-refractivity contribution >= 4 is 40.1 Å². The molecule has 0 spiro atoms. The van der Waals surface area contributed by atoms with Gasteiger partial charge in [-0.25, -0.2) is 4.79 Å². The van der Waals surface area contributed by atoms with Crippen molar-refractivity contribution in [3.8, 4) is 0 Å². The quantitative estimate of drug-likeness (QED) is 0.570. The van der Waals surface area contributed by atoms with Crippen molar-refractivity contribution in [2.24, 2.45) is 0 Å². The van der Waals surface area contributed by atoms with Crippen LogP contribution in [-0.4, -0.2) is 58.8 Å². The number of rotatable bonds is 2. The van der Waals surface area contributed by atoms with Gasteiger partial charge < -0.3 is 19.5 Å². The second-order valence-electron chi connectivity index (χ2n) is 8.19. The number of halogens is 4. The van der Waals surface area contributed by atoms with E-state index in [-0.39, 0.29) is 16.9 Å². The third kappa shape index (κ3) is 5.12. The van der Waals surface area contributed by atoms with E-state index in [2.05, 4.69) is 15.5 Å². The number of aliphatic carboxylic acids is 1. The molecule has 5 rings (SSSR count). The van der Waals surface area contributed by atoms with E-state index in [4.69, 9.17) is 21.5 Å². The Hall–Kier alpha value is -3.53. The Morgan fingerprint density at radius 1 is 0.971 bits per heavy atom. The molecule has 2 aromatic carbocycles. The predicted molar refractivity (Wildman–Crippen MR) is 125 cm³/mol. The maximum absolute atomic E-state index is 13.1. The zero-order valence-electron chi connectivity index (χ0n) is 18.4. The number of anilines is 1. The fourth-order valence-corrected chi connectivity index (χ4v) is 4.50. The van der Waals surface area contributed by atoms with E-state index in [0.717, 1.165) is 37.3 Å². The normalized spacial score (nSPS) is 15.1. The molecular formula is C24H21ClF3N3O4. The molecule has 7 nitrogen and oxygen atoms in total. The summed E-state index contributed by atoms with van der Waals surface area (Å²) in [5.41, 5.74) is 3.35. The molecule has 0 radical (unpaired) electrons. The molecule has 1 aromatic heterocycles. The minimum atomic E-state index is -5.08. The number of carbonyl (C=O) groups excluding carboxylic acids is 1. The zero-order valence-corrected chi connectivity index (χ0v) is 19.1. The fourth-order valence-electron chi connectivity index (χ4n) is 4.32. The predicted octanol–water partition coefficient (Wildman–Crippen LogP) is 3.81. The van der Waals surface area contributed by atoms with Gasteiger partial charge in [-0.05, 0) is 36.2 Å². The molecule has 2 aliphatic heterocycles. The SMILES string of the molecule is O=C(O)C(F)(F)F.O=C(c1cn2c3c(cccc3c1=O)CC2)N1CCN(c2cccc(Cl)c2)CC1. The second-order valence-corrected chi connectivity index (χ2v) is 8.63. The maximum Gasteiger partial charge on any atom is 0.490 e. The van der Waals surface area contributed by atoms with Crippen molar-refractivity contribution < 1.29 is 27.9 Å². The van der Waals surface area contributed by atoms with E-state index in [1.54, 1.807) is 11.1 Å². The topological polar surface area (TPSA) is 82.8 Å². The number of pyridine rings is 1. The minimum Gasteiger partial charge on any atom is -0.475 e. The van der Waals surface area contributed by atoms with E-state index < -0.39 is 12.1 Å². The van der Waals surface area contributed by atoms with Crippen molar-refractivity contribution in [2.75, 3.05) is 31.1 Å². The molecule has 11 heteroatoms.